The van der Waals surface area contributed by atoms with Gasteiger partial charge in [-0.2, -0.15) is 13.2 Å². The molecule has 4 aromatic carbocycles. The molecular weight excluding hydrogens is 552 g/mol. The van der Waals surface area contributed by atoms with Crippen molar-refractivity contribution in [2.75, 3.05) is 0 Å². The molecule has 9 heteroatoms. The Morgan fingerprint density at radius 1 is 0.732 bits per heavy atom. The highest BCUT2D eigenvalue weighted by Crippen LogP contribution is 2.41. The van der Waals surface area contributed by atoms with E-state index in [4.69, 9.17) is 0 Å². The molecule has 41 heavy (non-hydrogen) atoms. The van der Waals surface area contributed by atoms with Crippen molar-refractivity contribution in [2.24, 2.45) is 5.92 Å². The maximum Gasteiger partial charge on any atom is 0.429 e. The van der Waals surface area contributed by atoms with E-state index in [1.54, 1.807) is 0 Å². The molecule has 1 aliphatic rings. The largest absolute Gasteiger partial charge is 0.429 e. The first-order chi connectivity index (χ1) is 19.5. The van der Waals surface area contributed by atoms with E-state index in [9.17, 15) is 35.1 Å². The fourth-order valence-corrected chi connectivity index (χ4v) is 5.71. The average Bonchev–Trinajstić information content (AvgIpc) is 2.94. The summed E-state index contributed by atoms with van der Waals surface area (Å²) in [5.41, 5.74) is -0.982. The smallest absolute Gasteiger partial charge is 0.426 e. The summed E-state index contributed by atoms with van der Waals surface area (Å²) in [4.78, 5) is 0. The standard InChI is InChI=1S/C32H26F8O/c1-2-3-17-4-6-18(7-5-17)19-9-12-24(25(33)15-19)32(39,40)41-27-13-11-22(29(36)31(27)38)20-8-10-23-21(14-20)16-26(34)30(37)28(23)35/h8-18H,2-7H2,1H3. The lowest BCUT2D eigenvalue weighted by Crippen LogP contribution is -2.24. The summed E-state index contributed by atoms with van der Waals surface area (Å²) >= 11 is 0. The van der Waals surface area contributed by atoms with Crippen LogP contribution < -0.4 is 4.74 Å². The number of ether oxygens (including phenoxy) is 1. The van der Waals surface area contributed by atoms with E-state index in [1.165, 1.54) is 6.07 Å². The molecule has 1 fully saturated rings. The number of alkyl halides is 2. The number of halogens is 8. The number of hydrogen-bond donors (Lipinski definition) is 0. The minimum Gasteiger partial charge on any atom is -0.426 e. The van der Waals surface area contributed by atoms with Gasteiger partial charge in [-0.25, -0.2) is 22.0 Å². The van der Waals surface area contributed by atoms with Gasteiger partial charge in [0.15, 0.2) is 29.0 Å². The van der Waals surface area contributed by atoms with Crippen LogP contribution in [0, 0.1) is 40.8 Å². The van der Waals surface area contributed by atoms with Crippen LogP contribution in [0.3, 0.4) is 0 Å². The predicted octanol–water partition coefficient (Wildman–Crippen LogP) is 10.5. The Balaban J connectivity index is 1.37. The van der Waals surface area contributed by atoms with E-state index in [2.05, 4.69) is 11.7 Å². The molecule has 1 nitrogen and oxygen atoms in total. The SMILES string of the molecule is CCCC1CCC(c2ccc(C(F)(F)Oc3ccc(-c4ccc5c(F)c(F)c(F)cc5c4)c(F)c3F)c(F)c2)CC1. The Labute approximate surface area is 231 Å². The van der Waals surface area contributed by atoms with Crippen LogP contribution in [0.5, 0.6) is 5.75 Å². The zero-order valence-electron chi connectivity index (χ0n) is 22.0. The van der Waals surface area contributed by atoms with Gasteiger partial charge in [0.2, 0.25) is 5.82 Å². The molecule has 0 aromatic heterocycles. The molecular formula is C32H26F8O. The second-order valence-electron chi connectivity index (χ2n) is 10.5. The van der Waals surface area contributed by atoms with Crippen molar-refractivity contribution >= 4 is 10.8 Å². The van der Waals surface area contributed by atoms with Crippen molar-refractivity contribution in [1.29, 1.82) is 0 Å². The Kier molecular flexibility index (Phi) is 7.99. The van der Waals surface area contributed by atoms with Gasteiger partial charge in [0, 0.05) is 10.9 Å². The van der Waals surface area contributed by atoms with Crippen LogP contribution >= 0.6 is 0 Å². The highest BCUT2D eigenvalue weighted by Gasteiger charge is 2.39. The van der Waals surface area contributed by atoms with E-state index in [1.807, 2.05) is 0 Å². The predicted molar refractivity (Wildman–Crippen MR) is 140 cm³/mol. The van der Waals surface area contributed by atoms with Crippen LogP contribution in [0.4, 0.5) is 35.1 Å². The third kappa shape index (κ3) is 5.63. The first-order valence-corrected chi connectivity index (χ1v) is 13.4. The molecule has 1 aliphatic carbocycles. The summed E-state index contributed by atoms with van der Waals surface area (Å²) in [7, 11) is 0. The van der Waals surface area contributed by atoms with Crippen LogP contribution in [0.2, 0.25) is 0 Å². The quantitative estimate of drug-likeness (QED) is 0.157. The van der Waals surface area contributed by atoms with Crippen LogP contribution in [-0.4, -0.2) is 0 Å². The fourth-order valence-electron chi connectivity index (χ4n) is 5.71. The fraction of sp³-hybridized carbons (Fsp3) is 0.312. The minimum absolute atomic E-state index is 0.0528. The molecule has 0 aliphatic heterocycles. The van der Waals surface area contributed by atoms with Gasteiger partial charge in [-0.15, -0.1) is 0 Å². The van der Waals surface area contributed by atoms with Gasteiger partial charge < -0.3 is 4.74 Å². The summed E-state index contributed by atoms with van der Waals surface area (Å²) < 4.78 is 120. The van der Waals surface area contributed by atoms with E-state index in [0.717, 1.165) is 81.0 Å². The first-order valence-electron chi connectivity index (χ1n) is 13.4. The molecule has 1 saturated carbocycles. The second kappa shape index (κ2) is 11.3. The lowest BCUT2D eigenvalue weighted by atomic mass is 9.77. The van der Waals surface area contributed by atoms with Crippen molar-refractivity contribution in [3.63, 3.8) is 0 Å². The maximum atomic E-state index is 15.0. The highest BCUT2D eigenvalue weighted by atomic mass is 19.3. The van der Waals surface area contributed by atoms with Crippen molar-refractivity contribution in [3.8, 4) is 16.9 Å². The second-order valence-corrected chi connectivity index (χ2v) is 10.5. The van der Waals surface area contributed by atoms with Crippen molar-refractivity contribution in [1.82, 2.24) is 0 Å². The maximum absolute atomic E-state index is 15.0. The monoisotopic (exact) mass is 578 g/mol. The third-order valence-electron chi connectivity index (χ3n) is 7.89. The highest BCUT2D eigenvalue weighted by molar-refractivity contribution is 5.88. The molecule has 0 saturated heterocycles. The minimum atomic E-state index is -4.32. The number of fused-ring (bicyclic) bond motifs is 1. The van der Waals surface area contributed by atoms with Crippen LogP contribution in [-0.2, 0) is 6.11 Å². The van der Waals surface area contributed by atoms with E-state index in [0.29, 0.717) is 17.5 Å². The van der Waals surface area contributed by atoms with Gasteiger partial charge in [-0.3, -0.25) is 0 Å². The molecule has 4 aromatic rings. The Hall–Kier alpha value is -3.62. The summed E-state index contributed by atoms with van der Waals surface area (Å²) in [6, 6.07) is 9.05. The van der Waals surface area contributed by atoms with Gasteiger partial charge in [0.1, 0.15) is 5.82 Å². The first kappa shape index (κ1) is 28.9. The third-order valence-corrected chi connectivity index (χ3v) is 7.89. The van der Waals surface area contributed by atoms with E-state index < -0.39 is 57.9 Å². The van der Waals surface area contributed by atoms with E-state index in [-0.39, 0.29) is 22.3 Å². The van der Waals surface area contributed by atoms with Gasteiger partial charge in [-0.1, -0.05) is 38.0 Å². The molecule has 0 N–H and O–H groups in total. The molecule has 5 rings (SSSR count). The van der Waals surface area contributed by atoms with Crippen molar-refractivity contribution < 1.29 is 39.9 Å². The van der Waals surface area contributed by atoms with Crippen LogP contribution in [0.25, 0.3) is 21.9 Å². The molecule has 0 bridgehead atoms. The molecule has 0 atom stereocenters. The topological polar surface area (TPSA) is 9.23 Å². The number of hydrogen-bond acceptors (Lipinski definition) is 1. The van der Waals surface area contributed by atoms with Gasteiger partial charge in [0.05, 0.1) is 5.56 Å². The molecule has 0 radical (unpaired) electrons. The molecule has 0 unspecified atom stereocenters. The van der Waals surface area contributed by atoms with Crippen LogP contribution in [0.15, 0.2) is 54.6 Å². The average molecular weight is 579 g/mol. The van der Waals surface area contributed by atoms with E-state index >= 15 is 0 Å². The summed E-state index contributed by atoms with van der Waals surface area (Å²) in [6.45, 7) is 2.12. The Morgan fingerprint density at radius 2 is 1.46 bits per heavy atom. The molecule has 0 heterocycles. The molecule has 0 spiro atoms. The normalized spacial score (nSPS) is 17.7. The van der Waals surface area contributed by atoms with Crippen molar-refractivity contribution in [3.05, 3.63) is 101 Å². The number of rotatable bonds is 7. The zero-order chi connectivity index (χ0) is 29.5. The van der Waals surface area contributed by atoms with Gasteiger partial charge >= 0.3 is 6.11 Å². The summed E-state index contributed by atoms with van der Waals surface area (Å²) in [5.74, 6) is -9.62. The summed E-state index contributed by atoms with van der Waals surface area (Å²) in [5, 5.41) is -0.413. The van der Waals surface area contributed by atoms with Gasteiger partial charge in [0.25, 0.3) is 0 Å². The summed E-state index contributed by atoms with van der Waals surface area (Å²) in [6.07, 6.45) is 1.57. The number of benzene rings is 4. The lowest BCUT2D eigenvalue weighted by molar-refractivity contribution is -0.189. The Morgan fingerprint density at radius 3 is 2.15 bits per heavy atom. The van der Waals surface area contributed by atoms with Gasteiger partial charge in [-0.05, 0) is 90.4 Å². The lowest BCUT2D eigenvalue weighted by Gasteiger charge is -2.29. The van der Waals surface area contributed by atoms with Crippen LogP contribution in [0.1, 0.15) is 62.5 Å². The molecule has 0 amide bonds. The molecule has 216 valence electrons. The Bertz CT molecular complexity index is 1590. The van der Waals surface area contributed by atoms with Crippen molar-refractivity contribution in [2.45, 2.75) is 57.5 Å². The zero-order valence-corrected chi connectivity index (χ0v) is 22.0.